The molecule has 4 aliphatic carbocycles. The standard InChI is InChI=1S/C24H32O6/c1-22-7-4-14(25)10-13(22)11-15(21(28)29-3)19-16-5-8-24(9-6-18(27)30-24)23(16,2)12-17(26)20(19)22/h11,15-17,19-20,26H,4-10,12H2,1-3H3/t15-,16?,17-,19?,20?,22?,23?,24?/m1/s1. The van der Waals surface area contributed by atoms with Gasteiger partial charge in [0.25, 0.3) is 0 Å². The van der Waals surface area contributed by atoms with Gasteiger partial charge in [-0.15, -0.1) is 0 Å². The zero-order valence-corrected chi connectivity index (χ0v) is 18.1. The van der Waals surface area contributed by atoms with Crippen LogP contribution in [-0.2, 0) is 23.9 Å². The molecule has 0 radical (unpaired) electrons. The van der Waals surface area contributed by atoms with Crippen LogP contribution in [0, 0.1) is 34.5 Å². The van der Waals surface area contributed by atoms with Crippen molar-refractivity contribution in [3.8, 4) is 0 Å². The first-order valence-corrected chi connectivity index (χ1v) is 11.4. The minimum absolute atomic E-state index is 0.0770. The van der Waals surface area contributed by atoms with E-state index in [0.717, 1.165) is 18.4 Å². The van der Waals surface area contributed by atoms with E-state index in [-0.39, 0.29) is 46.3 Å². The molecule has 1 N–H and O–H groups in total. The molecule has 1 aliphatic heterocycles. The van der Waals surface area contributed by atoms with Crippen molar-refractivity contribution in [1.82, 2.24) is 0 Å². The summed E-state index contributed by atoms with van der Waals surface area (Å²) in [6, 6.07) is 0. The van der Waals surface area contributed by atoms with Gasteiger partial charge in [0.05, 0.1) is 19.1 Å². The SMILES string of the molecule is COC(=O)[C@@H]1C=C2CC(=O)CCC2(C)C2C1C1CCC3(CCC(=O)O3)C1(C)C[C@H]2O. The summed E-state index contributed by atoms with van der Waals surface area (Å²) in [7, 11) is 1.41. The van der Waals surface area contributed by atoms with Crippen molar-refractivity contribution >= 4 is 17.7 Å². The van der Waals surface area contributed by atoms with Gasteiger partial charge in [0.2, 0.25) is 0 Å². The number of rotatable bonds is 1. The second-order valence-corrected chi connectivity index (χ2v) is 10.8. The van der Waals surface area contributed by atoms with Gasteiger partial charge >= 0.3 is 11.9 Å². The number of methoxy groups -OCH3 is 1. The monoisotopic (exact) mass is 416 g/mol. The Labute approximate surface area is 177 Å². The van der Waals surface area contributed by atoms with Gasteiger partial charge in [-0.25, -0.2) is 0 Å². The predicted octanol–water partition coefficient (Wildman–Crippen LogP) is 2.96. The van der Waals surface area contributed by atoms with E-state index in [9.17, 15) is 19.5 Å². The minimum atomic E-state index is -0.611. The van der Waals surface area contributed by atoms with Crippen molar-refractivity contribution < 1.29 is 29.0 Å². The maximum absolute atomic E-state index is 12.9. The maximum Gasteiger partial charge on any atom is 0.312 e. The highest BCUT2D eigenvalue weighted by Gasteiger charge is 2.70. The van der Waals surface area contributed by atoms with Gasteiger partial charge in [0, 0.05) is 24.7 Å². The van der Waals surface area contributed by atoms with E-state index in [0.29, 0.717) is 38.5 Å². The Hall–Kier alpha value is -1.69. The molecule has 3 saturated carbocycles. The van der Waals surface area contributed by atoms with E-state index in [1.54, 1.807) is 0 Å². The van der Waals surface area contributed by atoms with Gasteiger partial charge in [-0.1, -0.05) is 25.5 Å². The Bertz CT molecular complexity index is 847. The smallest absolute Gasteiger partial charge is 0.312 e. The highest BCUT2D eigenvalue weighted by atomic mass is 16.6. The third kappa shape index (κ3) is 2.43. The summed E-state index contributed by atoms with van der Waals surface area (Å²) in [6.07, 6.45) is 6.34. The third-order valence-corrected chi connectivity index (χ3v) is 9.74. The number of ketones is 1. The van der Waals surface area contributed by atoms with E-state index < -0.39 is 17.6 Å². The lowest BCUT2D eigenvalue weighted by Crippen LogP contribution is -2.62. The summed E-state index contributed by atoms with van der Waals surface area (Å²) in [4.78, 5) is 37.2. The molecule has 0 bridgehead atoms. The zero-order chi connectivity index (χ0) is 21.5. The number of Topliss-reactive ketones (excluding diaryl/α,β-unsaturated/α-hetero) is 1. The molecule has 5 rings (SSSR count). The number of allylic oxidation sites excluding steroid dienone is 1. The molecule has 0 aromatic heterocycles. The molecule has 0 amide bonds. The fraction of sp³-hybridized carbons (Fsp3) is 0.792. The summed E-state index contributed by atoms with van der Waals surface area (Å²) in [5.41, 5.74) is -0.183. The van der Waals surface area contributed by atoms with Gasteiger partial charge in [0.1, 0.15) is 11.4 Å². The van der Waals surface area contributed by atoms with E-state index in [1.165, 1.54) is 7.11 Å². The van der Waals surface area contributed by atoms with Gasteiger partial charge < -0.3 is 14.6 Å². The molecular formula is C24H32O6. The number of carbonyl (C=O) groups is 3. The average Bonchev–Trinajstić information content (AvgIpc) is 3.21. The first kappa shape index (κ1) is 20.2. The van der Waals surface area contributed by atoms with E-state index >= 15 is 0 Å². The molecular weight excluding hydrogens is 384 g/mol. The Morgan fingerprint density at radius 1 is 1.20 bits per heavy atom. The summed E-state index contributed by atoms with van der Waals surface area (Å²) in [5, 5.41) is 11.6. The van der Waals surface area contributed by atoms with Crippen LogP contribution in [0.5, 0.6) is 0 Å². The molecule has 1 spiro atoms. The van der Waals surface area contributed by atoms with Crippen molar-refractivity contribution in [3.63, 3.8) is 0 Å². The molecule has 30 heavy (non-hydrogen) atoms. The average molecular weight is 417 g/mol. The molecule has 6 heteroatoms. The Morgan fingerprint density at radius 2 is 1.97 bits per heavy atom. The molecule has 6 nitrogen and oxygen atoms in total. The third-order valence-electron chi connectivity index (χ3n) is 9.74. The number of hydrogen-bond acceptors (Lipinski definition) is 6. The second-order valence-electron chi connectivity index (χ2n) is 10.8. The van der Waals surface area contributed by atoms with Crippen LogP contribution in [0.4, 0.5) is 0 Å². The van der Waals surface area contributed by atoms with Crippen LogP contribution < -0.4 is 0 Å². The normalized spacial score (nSPS) is 49.7. The van der Waals surface area contributed by atoms with Crippen LogP contribution in [0.1, 0.15) is 65.2 Å². The Kier molecular flexibility index (Phi) is 4.32. The first-order valence-electron chi connectivity index (χ1n) is 11.4. The Morgan fingerprint density at radius 3 is 2.63 bits per heavy atom. The van der Waals surface area contributed by atoms with Crippen LogP contribution in [0.25, 0.3) is 0 Å². The molecule has 5 aliphatic rings. The predicted molar refractivity (Wildman–Crippen MR) is 107 cm³/mol. The van der Waals surface area contributed by atoms with Crippen molar-refractivity contribution in [2.24, 2.45) is 34.5 Å². The topological polar surface area (TPSA) is 89.9 Å². The summed E-state index contributed by atoms with van der Waals surface area (Å²) < 4.78 is 11.1. The number of carbonyl (C=O) groups excluding carboxylic acids is 3. The van der Waals surface area contributed by atoms with Crippen LogP contribution in [0.2, 0.25) is 0 Å². The van der Waals surface area contributed by atoms with E-state index in [4.69, 9.17) is 9.47 Å². The van der Waals surface area contributed by atoms with Crippen molar-refractivity contribution in [3.05, 3.63) is 11.6 Å². The quantitative estimate of drug-likeness (QED) is 0.522. The lowest BCUT2D eigenvalue weighted by atomic mass is 9.44. The van der Waals surface area contributed by atoms with Crippen LogP contribution >= 0.6 is 0 Å². The number of esters is 2. The van der Waals surface area contributed by atoms with Crippen molar-refractivity contribution in [2.75, 3.05) is 7.11 Å². The highest BCUT2D eigenvalue weighted by Crippen LogP contribution is 2.70. The summed E-state index contributed by atoms with van der Waals surface area (Å²) in [6.45, 7) is 4.33. The summed E-state index contributed by atoms with van der Waals surface area (Å²) >= 11 is 0. The molecule has 8 atom stereocenters. The van der Waals surface area contributed by atoms with Crippen LogP contribution in [0.3, 0.4) is 0 Å². The van der Waals surface area contributed by atoms with Gasteiger partial charge in [0.15, 0.2) is 0 Å². The molecule has 0 aromatic rings. The number of hydrogen-bond donors (Lipinski definition) is 1. The number of aliphatic hydroxyl groups excluding tert-OH is 1. The maximum atomic E-state index is 12.9. The zero-order valence-electron chi connectivity index (χ0n) is 18.1. The lowest BCUT2D eigenvalue weighted by molar-refractivity contribution is -0.192. The van der Waals surface area contributed by atoms with Crippen molar-refractivity contribution in [2.45, 2.75) is 76.9 Å². The Balaban J connectivity index is 1.63. The number of fused-ring (bicyclic) bond motifs is 6. The van der Waals surface area contributed by atoms with Gasteiger partial charge in [-0.2, -0.15) is 0 Å². The molecule has 0 aromatic carbocycles. The number of aliphatic hydroxyl groups is 1. The van der Waals surface area contributed by atoms with Gasteiger partial charge in [-0.05, 0) is 55.3 Å². The fourth-order valence-electron chi connectivity index (χ4n) is 8.26. The molecule has 1 saturated heterocycles. The van der Waals surface area contributed by atoms with Crippen molar-refractivity contribution in [1.29, 1.82) is 0 Å². The fourth-order valence-corrected chi connectivity index (χ4v) is 8.26. The second kappa shape index (κ2) is 6.41. The minimum Gasteiger partial charge on any atom is -0.469 e. The lowest BCUT2D eigenvalue weighted by Gasteiger charge is -2.61. The largest absolute Gasteiger partial charge is 0.469 e. The summed E-state index contributed by atoms with van der Waals surface area (Å²) in [5.74, 6) is -0.728. The van der Waals surface area contributed by atoms with Gasteiger partial charge in [-0.3, -0.25) is 14.4 Å². The molecule has 1 heterocycles. The number of ether oxygens (including phenoxy) is 2. The van der Waals surface area contributed by atoms with Crippen LogP contribution in [0.15, 0.2) is 11.6 Å². The molecule has 164 valence electrons. The van der Waals surface area contributed by atoms with E-state index in [2.05, 4.69) is 13.8 Å². The molecule has 6 unspecified atom stereocenters. The van der Waals surface area contributed by atoms with E-state index in [1.807, 2.05) is 6.08 Å². The molecule has 4 fully saturated rings. The van der Waals surface area contributed by atoms with Crippen LogP contribution in [-0.4, -0.2) is 41.6 Å². The first-order chi connectivity index (χ1) is 14.1. The highest BCUT2D eigenvalue weighted by molar-refractivity contribution is 5.84.